The molecule has 4 atom stereocenters. The number of carbonyl (C=O) groups excluding carboxylic acids is 1. The van der Waals surface area contributed by atoms with E-state index in [-0.39, 0.29) is 30.3 Å². The average Bonchev–Trinajstić information content (AvgIpc) is 2.73. The zero-order valence-electron chi connectivity index (χ0n) is 6.99. The first-order chi connectivity index (χ1) is 5.68. The highest BCUT2D eigenvalue weighted by molar-refractivity contribution is 5.73. The van der Waals surface area contributed by atoms with Crippen molar-refractivity contribution >= 4 is 5.91 Å². The Labute approximate surface area is 70.9 Å². The molecule has 0 radical (unpaired) electrons. The van der Waals surface area contributed by atoms with E-state index in [2.05, 4.69) is 5.32 Å². The van der Waals surface area contributed by atoms with E-state index in [9.17, 15) is 9.90 Å². The van der Waals surface area contributed by atoms with E-state index in [4.69, 9.17) is 4.74 Å². The Morgan fingerprint density at radius 3 is 2.92 bits per heavy atom. The molecule has 2 aliphatic rings. The van der Waals surface area contributed by atoms with Gasteiger partial charge in [0.25, 0.3) is 0 Å². The van der Waals surface area contributed by atoms with Crippen molar-refractivity contribution in [3.05, 3.63) is 0 Å². The molecule has 2 rings (SSSR count). The maximum Gasteiger partial charge on any atom is 0.217 e. The van der Waals surface area contributed by atoms with Crippen LogP contribution in [0.25, 0.3) is 0 Å². The molecule has 1 aliphatic carbocycles. The topological polar surface area (TPSA) is 61.9 Å². The molecule has 12 heavy (non-hydrogen) atoms. The molecule has 4 unspecified atom stereocenters. The van der Waals surface area contributed by atoms with E-state index in [0.29, 0.717) is 0 Å². The molecule has 68 valence electrons. The highest BCUT2D eigenvalue weighted by Crippen LogP contribution is 2.36. The number of epoxide rings is 1. The molecule has 0 bridgehead atoms. The quantitative estimate of drug-likeness (QED) is 0.518. The normalized spacial score (nSPS) is 44.8. The Morgan fingerprint density at radius 1 is 1.50 bits per heavy atom. The summed E-state index contributed by atoms with van der Waals surface area (Å²) in [7, 11) is 0. The minimum Gasteiger partial charge on any atom is -0.390 e. The van der Waals surface area contributed by atoms with Gasteiger partial charge in [-0.2, -0.15) is 0 Å². The van der Waals surface area contributed by atoms with E-state index in [1.807, 2.05) is 0 Å². The lowest BCUT2D eigenvalue weighted by Crippen LogP contribution is -2.43. The Bertz CT molecular complexity index is 206. The lowest BCUT2D eigenvalue weighted by Gasteiger charge is -2.21. The Hall–Kier alpha value is -0.610. The Morgan fingerprint density at radius 2 is 2.25 bits per heavy atom. The monoisotopic (exact) mass is 171 g/mol. The maximum atomic E-state index is 10.7. The minimum absolute atomic E-state index is 0.0180. The number of ether oxygens (including phenoxy) is 1. The zero-order valence-corrected chi connectivity index (χ0v) is 6.99. The smallest absolute Gasteiger partial charge is 0.217 e. The molecule has 4 nitrogen and oxygen atoms in total. The summed E-state index contributed by atoms with van der Waals surface area (Å²) in [5, 5.41) is 12.2. The number of amides is 1. The second-order valence-electron chi connectivity index (χ2n) is 3.52. The van der Waals surface area contributed by atoms with Crippen LogP contribution in [0.5, 0.6) is 0 Å². The molecule has 0 aromatic heterocycles. The number of nitrogens with one attached hydrogen (secondary N) is 1. The third kappa shape index (κ3) is 1.32. The van der Waals surface area contributed by atoms with Gasteiger partial charge in [-0.3, -0.25) is 4.79 Å². The molecule has 4 heteroatoms. The molecular formula is C8H13NO3. The number of fused-ring (bicyclic) bond motifs is 1. The summed E-state index contributed by atoms with van der Waals surface area (Å²) in [4.78, 5) is 10.7. The van der Waals surface area contributed by atoms with Crippen LogP contribution in [0, 0.1) is 0 Å². The van der Waals surface area contributed by atoms with Crippen LogP contribution in [0.2, 0.25) is 0 Å². The number of aliphatic hydroxyl groups excluding tert-OH is 1. The van der Waals surface area contributed by atoms with Gasteiger partial charge in [-0.1, -0.05) is 0 Å². The van der Waals surface area contributed by atoms with Gasteiger partial charge in [0.15, 0.2) is 0 Å². The molecule has 2 N–H and O–H groups in total. The second-order valence-corrected chi connectivity index (χ2v) is 3.52. The fourth-order valence-electron chi connectivity index (χ4n) is 1.86. The first-order valence-electron chi connectivity index (χ1n) is 4.29. The van der Waals surface area contributed by atoms with E-state index < -0.39 is 0 Å². The molecule has 1 heterocycles. The number of aliphatic hydroxyl groups is 1. The van der Waals surface area contributed by atoms with Gasteiger partial charge < -0.3 is 15.2 Å². The first kappa shape index (κ1) is 8.01. The van der Waals surface area contributed by atoms with Crippen LogP contribution in [-0.2, 0) is 9.53 Å². The van der Waals surface area contributed by atoms with E-state index in [1.165, 1.54) is 6.92 Å². The third-order valence-corrected chi connectivity index (χ3v) is 2.50. The summed E-state index contributed by atoms with van der Waals surface area (Å²) in [6, 6.07) is 0.121. The lowest BCUT2D eigenvalue weighted by atomic mass is 9.93. The van der Waals surface area contributed by atoms with Crippen molar-refractivity contribution in [2.45, 2.75) is 44.1 Å². The predicted molar refractivity (Wildman–Crippen MR) is 41.5 cm³/mol. The van der Waals surface area contributed by atoms with Crippen LogP contribution in [0.3, 0.4) is 0 Å². The van der Waals surface area contributed by atoms with Crippen molar-refractivity contribution < 1.29 is 14.6 Å². The van der Waals surface area contributed by atoms with Crippen LogP contribution in [0.15, 0.2) is 0 Å². The Balaban J connectivity index is 1.90. The molecule has 1 aliphatic heterocycles. The van der Waals surface area contributed by atoms with Crippen LogP contribution < -0.4 is 5.32 Å². The Kier molecular flexibility index (Phi) is 1.81. The van der Waals surface area contributed by atoms with Crippen LogP contribution in [0.4, 0.5) is 0 Å². The molecule has 0 aromatic rings. The first-order valence-corrected chi connectivity index (χ1v) is 4.29. The summed E-state index contributed by atoms with van der Waals surface area (Å²) in [5.74, 6) is -0.0226. The van der Waals surface area contributed by atoms with Gasteiger partial charge in [-0.25, -0.2) is 0 Å². The number of hydrogen-bond acceptors (Lipinski definition) is 3. The highest BCUT2D eigenvalue weighted by atomic mass is 16.6. The van der Waals surface area contributed by atoms with Crippen molar-refractivity contribution in [1.82, 2.24) is 5.32 Å². The van der Waals surface area contributed by atoms with Gasteiger partial charge in [0, 0.05) is 6.92 Å². The van der Waals surface area contributed by atoms with Crippen molar-refractivity contribution in [3.63, 3.8) is 0 Å². The second kappa shape index (κ2) is 2.71. The number of rotatable bonds is 1. The molecule has 1 amide bonds. The summed E-state index contributed by atoms with van der Waals surface area (Å²) < 4.78 is 5.24. The summed E-state index contributed by atoms with van der Waals surface area (Å²) in [6.07, 6.45) is 1.28. The predicted octanol–water partition coefficient (Wildman–Crippen LogP) is -0.587. The standard InChI is InChI=1S/C8H13NO3/c1-4(10)9-5-2-3-6(11)8-7(5)12-8/h5-8,11H,2-3H2,1H3,(H,9,10). The minimum atomic E-state index is -0.319. The SMILES string of the molecule is CC(=O)NC1CCC(O)C2OC12. The molecule has 1 saturated heterocycles. The van der Waals surface area contributed by atoms with Crippen molar-refractivity contribution in [1.29, 1.82) is 0 Å². The fourth-order valence-corrected chi connectivity index (χ4v) is 1.86. The largest absolute Gasteiger partial charge is 0.390 e. The molecule has 1 saturated carbocycles. The molecule has 0 aromatic carbocycles. The van der Waals surface area contributed by atoms with Gasteiger partial charge in [0.2, 0.25) is 5.91 Å². The van der Waals surface area contributed by atoms with Gasteiger partial charge in [-0.05, 0) is 12.8 Å². The van der Waals surface area contributed by atoms with Crippen molar-refractivity contribution in [2.75, 3.05) is 0 Å². The summed E-state index contributed by atoms with van der Waals surface area (Å²) >= 11 is 0. The maximum absolute atomic E-state index is 10.7. The third-order valence-electron chi connectivity index (χ3n) is 2.50. The highest BCUT2D eigenvalue weighted by Gasteiger charge is 2.52. The summed E-state index contributed by atoms with van der Waals surface area (Å²) in [5.41, 5.74) is 0. The fraction of sp³-hybridized carbons (Fsp3) is 0.875. The van der Waals surface area contributed by atoms with Crippen molar-refractivity contribution in [3.8, 4) is 0 Å². The summed E-state index contributed by atoms with van der Waals surface area (Å²) in [6.45, 7) is 1.50. The van der Waals surface area contributed by atoms with Crippen molar-refractivity contribution in [2.24, 2.45) is 0 Å². The molecule has 0 spiro atoms. The van der Waals surface area contributed by atoms with Gasteiger partial charge in [0.05, 0.1) is 12.1 Å². The lowest BCUT2D eigenvalue weighted by molar-refractivity contribution is -0.120. The van der Waals surface area contributed by atoms with E-state index >= 15 is 0 Å². The van der Waals surface area contributed by atoms with E-state index in [0.717, 1.165) is 12.8 Å². The average molecular weight is 171 g/mol. The van der Waals surface area contributed by atoms with Gasteiger partial charge >= 0.3 is 0 Å². The van der Waals surface area contributed by atoms with Gasteiger partial charge in [0.1, 0.15) is 12.2 Å². The zero-order chi connectivity index (χ0) is 8.72. The van der Waals surface area contributed by atoms with E-state index in [1.54, 1.807) is 0 Å². The molecular weight excluding hydrogens is 158 g/mol. The van der Waals surface area contributed by atoms with Crippen LogP contribution in [-0.4, -0.2) is 35.4 Å². The van der Waals surface area contributed by atoms with Crippen LogP contribution in [0.1, 0.15) is 19.8 Å². The van der Waals surface area contributed by atoms with Crippen LogP contribution >= 0.6 is 0 Å². The molecule has 2 fully saturated rings. The van der Waals surface area contributed by atoms with Gasteiger partial charge in [-0.15, -0.1) is 0 Å². The number of carbonyl (C=O) groups is 1. The number of hydrogen-bond donors (Lipinski definition) is 2.